The van der Waals surface area contributed by atoms with Gasteiger partial charge in [-0.1, -0.05) is 36.4 Å². The van der Waals surface area contributed by atoms with Crippen molar-refractivity contribution in [3.63, 3.8) is 0 Å². The van der Waals surface area contributed by atoms with Crippen LogP contribution in [0.4, 0.5) is 21.9 Å². The van der Waals surface area contributed by atoms with Gasteiger partial charge >= 0.3 is 23.1 Å². The van der Waals surface area contributed by atoms with Gasteiger partial charge in [0.25, 0.3) is 5.69 Å². The summed E-state index contributed by atoms with van der Waals surface area (Å²) >= 11 is 0. The Morgan fingerprint density at radius 3 is 1.70 bits per heavy atom. The molecule has 1 radical (unpaired) electrons. The van der Waals surface area contributed by atoms with Gasteiger partial charge in [0.05, 0.1) is 26.5 Å². The summed E-state index contributed by atoms with van der Waals surface area (Å²) in [5.41, 5.74) is 3.65. The van der Waals surface area contributed by atoms with Gasteiger partial charge in [0.2, 0.25) is 0 Å². The maximum absolute atomic E-state index is 12.7. The van der Waals surface area contributed by atoms with Crippen molar-refractivity contribution in [1.29, 1.82) is 0 Å². The van der Waals surface area contributed by atoms with E-state index in [1.54, 1.807) is 18.5 Å². The number of urea groups is 1. The summed E-state index contributed by atoms with van der Waals surface area (Å²) in [6, 6.07) is 24.5. The zero-order valence-electron chi connectivity index (χ0n) is 24.0. The Balaban J connectivity index is 0.00000163. The Kier molecular flexibility index (Phi) is 19.9. The summed E-state index contributed by atoms with van der Waals surface area (Å²) in [6.45, 7) is 1.75. The molecule has 0 unspecified atom stereocenters. The number of amides is 2. The van der Waals surface area contributed by atoms with Crippen LogP contribution in [0.3, 0.4) is 0 Å². The number of nitro groups is 1. The minimum Gasteiger partial charge on any atom is -0.400 e. The van der Waals surface area contributed by atoms with Crippen molar-refractivity contribution in [3.05, 3.63) is 155 Å². The van der Waals surface area contributed by atoms with Crippen LogP contribution in [0.5, 0.6) is 0 Å². The van der Waals surface area contributed by atoms with Crippen molar-refractivity contribution < 1.29 is 42.1 Å². The van der Waals surface area contributed by atoms with Crippen molar-refractivity contribution in [2.45, 2.75) is 19.6 Å². The van der Waals surface area contributed by atoms with E-state index in [2.05, 4.69) is 25.5 Å². The van der Waals surface area contributed by atoms with Crippen molar-refractivity contribution in [3.8, 4) is 0 Å². The van der Waals surface area contributed by atoms with E-state index in [1.807, 2.05) is 60.7 Å². The number of anilines is 2. The van der Waals surface area contributed by atoms with Crippen LogP contribution >= 0.6 is 0 Å². The quantitative estimate of drug-likeness (QED) is 0.125. The molecule has 2 amide bonds. The number of para-hydroxylation sites is 1. The van der Waals surface area contributed by atoms with E-state index >= 15 is 0 Å². The Bertz CT molecular complexity index is 1440. The third-order valence-corrected chi connectivity index (χ3v) is 5.20. The molecule has 46 heavy (non-hydrogen) atoms. The minimum absolute atomic E-state index is 0. The van der Waals surface area contributed by atoms with Crippen molar-refractivity contribution in [2.75, 3.05) is 17.7 Å². The van der Waals surface area contributed by atoms with Gasteiger partial charge in [-0.2, -0.15) is 0 Å². The molecule has 18 nitrogen and oxygen atoms in total. The number of rotatable bonds is 9. The van der Waals surface area contributed by atoms with Crippen LogP contribution in [0.1, 0.15) is 17.0 Å². The van der Waals surface area contributed by atoms with Crippen molar-refractivity contribution in [2.24, 2.45) is 0 Å². The zero-order valence-corrected chi connectivity index (χ0v) is 24.9. The summed E-state index contributed by atoms with van der Waals surface area (Å²) in [5.74, 6) is 0. The smallest absolute Gasteiger partial charge is 0.400 e. The molecule has 0 aliphatic heterocycles. The fourth-order valence-electron chi connectivity index (χ4n) is 3.61. The van der Waals surface area contributed by atoms with E-state index in [0.717, 1.165) is 24.1 Å². The first-order chi connectivity index (χ1) is 21.5. The number of hydrogen-bond acceptors (Lipinski definition) is 13. The molecule has 2 heterocycles. The molecule has 3 N–H and O–H groups in total. The van der Waals surface area contributed by atoms with Crippen molar-refractivity contribution in [1.82, 2.24) is 14.9 Å². The monoisotopic (exact) mass is 687 g/mol. The van der Waals surface area contributed by atoms with Crippen LogP contribution in [0.15, 0.2) is 97.3 Å². The Morgan fingerprint density at radius 2 is 1.22 bits per heavy atom. The van der Waals surface area contributed by atoms with Crippen LogP contribution in [-0.4, -0.2) is 48.2 Å². The molecular formula is C27H28CuN8O10. The third kappa shape index (κ3) is 17.4. The number of hydrogen-bond donors (Lipinski definition) is 3. The fourth-order valence-corrected chi connectivity index (χ4v) is 3.61. The largest absolute Gasteiger partial charge is 2.00 e. The maximum atomic E-state index is 12.7. The molecule has 2 aromatic carbocycles. The van der Waals surface area contributed by atoms with Gasteiger partial charge in [-0.25, -0.2) is 4.79 Å². The van der Waals surface area contributed by atoms with E-state index in [0.29, 0.717) is 31.0 Å². The van der Waals surface area contributed by atoms with Gasteiger partial charge in [-0.15, -0.1) is 0 Å². The molecule has 0 aliphatic rings. The Morgan fingerprint density at radius 1 is 0.717 bits per heavy atom. The normalized spacial score (nSPS) is 9.28. The number of nitro benzene ring substituents is 1. The van der Waals surface area contributed by atoms with Crippen molar-refractivity contribution >= 4 is 23.1 Å². The second-order valence-corrected chi connectivity index (χ2v) is 8.28. The first-order valence-corrected chi connectivity index (χ1v) is 12.5. The number of nitrogens with one attached hydrogen (secondary N) is 2. The Hall–Kier alpha value is -5.75. The molecule has 247 valence electrons. The average molecular weight is 688 g/mol. The molecule has 0 bridgehead atoms. The maximum Gasteiger partial charge on any atom is 2.00 e. The van der Waals surface area contributed by atoms with Gasteiger partial charge in [0, 0.05) is 62.6 Å². The van der Waals surface area contributed by atoms with Crippen LogP contribution in [0.25, 0.3) is 0 Å². The number of aliphatic hydroxyl groups excluding tert-OH is 1. The molecule has 19 heteroatoms. The van der Waals surface area contributed by atoms with E-state index in [4.69, 9.17) is 35.7 Å². The van der Waals surface area contributed by atoms with Gasteiger partial charge in [0.15, 0.2) is 0 Å². The predicted octanol–water partition coefficient (Wildman–Crippen LogP) is 4.36. The predicted molar refractivity (Wildman–Crippen MR) is 162 cm³/mol. The molecule has 4 rings (SSSR count). The first kappa shape index (κ1) is 40.2. The van der Waals surface area contributed by atoms with E-state index in [9.17, 15) is 14.9 Å². The van der Waals surface area contributed by atoms with Crippen LogP contribution in [0.2, 0.25) is 0 Å². The fraction of sp³-hybridized carbons (Fsp3) is 0.148. The summed E-state index contributed by atoms with van der Waals surface area (Å²) in [5, 5.41) is 53.0. The second-order valence-electron chi connectivity index (χ2n) is 8.28. The average Bonchev–Trinajstić information content (AvgIpc) is 3.00. The minimum atomic E-state index is -1.75. The topological polar surface area (TPSA) is 266 Å². The van der Waals surface area contributed by atoms with Gasteiger partial charge in [-0.3, -0.25) is 25.0 Å². The Labute approximate surface area is 272 Å². The summed E-state index contributed by atoms with van der Waals surface area (Å²) in [6.07, 6.45) is 3.53. The van der Waals surface area contributed by atoms with E-state index < -0.39 is 21.1 Å². The number of aliphatic hydroxyl groups is 1. The molecule has 2 aromatic heterocycles. The van der Waals surface area contributed by atoms with Crippen LogP contribution in [0, 0.1) is 40.8 Å². The van der Waals surface area contributed by atoms with Crippen LogP contribution < -0.4 is 10.6 Å². The SMILES string of the molecule is CO.O=C(Nc1cccc([N+](=O)[O-])c1)Nc1ccccc1CN(Cc1ccccn1)Cc1ccccn1.O=[N+]([O-])[O-].O=[N+]([O-])[O-].[Cu+2]. The number of non-ortho nitro benzene ring substituents is 1. The zero-order chi connectivity index (χ0) is 33.6. The third-order valence-electron chi connectivity index (χ3n) is 5.20. The summed E-state index contributed by atoms with van der Waals surface area (Å²) in [7, 11) is 1.00. The standard InChI is InChI=1S/C26H24N6O3.CH4O.Cu.2NO3/c33-26(29-21-11-7-12-24(16-21)32(34)35)30-25-13-2-1-8-20(25)17-31(18-22-9-3-5-14-27-22)19-23-10-4-6-15-28-23;1-2;;2*2-1(3)4/h1-16H,17-19H2,(H2,29,30,33);2H,1H3;;;/q;;+2;2*-1. The number of carbonyl (C=O) groups is 1. The number of aromatic nitrogens is 2. The first-order valence-electron chi connectivity index (χ1n) is 12.5. The van der Waals surface area contributed by atoms with Gasteiger partial charge in [0.1, 0.15) is 0 Å². The number of pyridine rings is 2. The number of carbonyl (C=O) groups excluding carboxylic acids is 1. The molecular weight excluding hydrogens is 660 g/mol. The molecule has 0 saturated carbocycles. The summed E-state index contributed by atoms with van der Waals surface area (Å²) in [4.78, 5) is 50.8. The molecule has 0 saturated heterocycles. The molecule has 0 aliphatic carbocycles. The van der Waals surface area contributed by atoms with Gasteiger partial charge in [-0.05, 0) is 42.0 Å². The van der Waals surface area contributed by atoms with Gasteiger partial charge < -0.3 is 46.4 Å². The second kappa shape index (κ2) is 22.7. The summed E-state index contributed by atoms with van der Waals surface area (Å²) < 4.78 is 0. The molecule has 0 spiro atoms. The number of benzene rings is 2. The molecule has 0 fully saturated rings. The van der Waals surface area contributed by atoms with E-state index in [-0.39, 0.29) is 22.8 Å². The molecule has 0 atom stereocenters. The van der Waals surface area contributed by atoms with E-state index in [1.165, 1.54) is 18.2 Å². The number of nitrogens with zero attached hydrogens (tertiary/aromatic N) is 6. The molecule has 4 aromatic rings. The van der Waals surface area contributed by atoms with Crippen LogP contribution in [-0.2, 0) is 36.7 Å².